The number of aliphatic hydroxyl groups excluding tert-OH is 1. The summed E-state index contributed by atoms with van der Waals surface area (Å²) in [6.45, 7) is 0.266. The lowest BCUT2D eigenvalue weighted by molar-refractivity contribution is 0.307. The topological polar surface area (TPSA) is 105 Å². The quantitative estimate of drug-likeness (QED) is 0.559. The zero-order valence-electron chi connectivity index (χ0n) is 15.3. The molecule has 1 heterocycles. The standard InChI is InChI=1S/C21H19N3O4S/c22-18-8-4-7-16(11-18)17-9-10-20(28-14-15-5-2-1-3-6-15)19(12-17)24-13-21(25)23-29(24,26)27/h1-13,23,25H,14,22H2. The molecule has 0 unspecified atom stereocenters. The van der Waals surface area contributed by atoms with Gasteiger partial charge in [0, 0.05) is 5.69 Å². The molecule has 7 nitrogen and oxygen atoms in total. The maximum Gasteiger partial charge on any atom is 0.330 e. The van der Waals surface area contributed by atoms with Crippen molar-refractivity contribution >= 4 is 21.6 Å². The van der Waals surface area contributed by atoms with Crippen LogP contribution in [0, 0.1) is 0 Å². The molecule has 4 rings (SSSR count). The minimum Gasteiger partial charge on any atom is -0.493 e. The third-order valence-corrected chi connectivity index (χ3v) is 5.67. The van der Waals surface area contributed by atoms with Crippen LogP contribution in [0.3, 0.4) is 0 Å². The minimum absolute atomic E-state index is 0.266. The molecular formula is C21H19N3O4S. The molecular weight excluding hydrogens is 390 g/mol. The molecule has 8 heteroatoms. The van der Waals surface area contributed by atoms with Gasteiger partial charge < -0.3 is 15.6 Å². The molecule has 0 radical (unpaired) electrons. The van der Waals surface area contributed by atoms with Gasteiger partial charge in [-0.3, -0.25) is 0 Å². The first-order valence-electron chi connectivity index (χ1n) is 8.82. The summed E-state index contributed by atoms with van der Waals surface area (Å²) < 4.78 is 33.8. The highest BCUT2D eigenvalue weighted by Crippen LogP contribution is 2.37. The van der Waals surface area contributed by atoms with Gasteiger partial charge in [-0.2, -0.15) is 8.42 Å². The molecule has 148 valence electrons. The van der Waals surface area contributed by atoms with Crippen LogP contribution < -0.4 is 19.5 Å². The van der Waals surface area contributed by atoms with E-state index < -0.39 is 16.1 Å². The summed E-state index contributed by atoms with van der Waals surface area (Å²) in [5, 5.41) is 9.69. The molecule has 1 aliphatic heterocycles. The molecule has 3 aromatic carbocycles. The maximum atomic E-state index is 12.4. The van der Waals surface area contributed by atoms with E-state index in [-0.39, 0.29) is 12.3 Å². The molecule has 0 atom stereocenters. The van der Waals surface area contributed by atoms with Crippen molar-refractivity contribution in [1.82, 2.24) is 4.72 Å². The van der Waals surface area contributed by atoms with E-state index in [1.54, 1.807) is 24.3 Å². The molecule has 0 saturated heterocycles. The lowest BCUT2D eigenvalue weighted by atomic mass is 10.0. The summed E-state index contributed by atoms with van der Waals surface area (Å²) in [7, 11) is -3.97. The van der Waals surface area contributed by atoms with E-state index in [9.17, 15) is 13.5 Å². The van der Waals surface area contributed by atoms with Crippen LogP contribution in [0.4, 0.5) is 11.4 Å². The summed E-state index contributed by atoms with van der Waals surface area (Å²) >= 11 is 0. The van der Waals surface area contributed by atoms with E-state index in [1.807, 2.05) is 48.5 Å². The molecule has 4 N–H and O–H groups in total. The number of nitrogens with zero attached hydrogens (tertiary/aromatic N) is 1. The van der Waals surface area contributed by atoms with Crippen molar-refractivity contribution in [3.8, 4) is 16.9 Å². The molecule has 0 saturated carbocycles. The van der Waals surface area contributed by atoms with E-state index in [0.29, 0.717) is 11.4 Å². The monoisotopic (exact) mass is 409 g/mol. The first-order chi connectivity index (χ1) is 13.9. The predicted molar refractivity (Wildman–Crippen MR) is 112 cm³/mol. The van der Waals surface area contributed by atoms with Crippen molar-refractivity contribution in [2.24, 2.45) is 0 Å². The molecule has 0 aliphatic carbocycles. The minimum atomic E-state index is -3.97. The first kappa shape index (κ1) is 18.7. The van der Waals surface area contributed by atoms with E-state index in [4.69, 9.17) is 10.5 Å². The highest BCUT2D eigenvalue weighted by atomic mass is 32.2. The van der Waals surface area contributed by atoms with Crippen molar-refractivity contribution in [2.45, 2.75) is 6.61 Å². The van der Waals surface area contributed by atoms with Gasteiger partial charge in [-0.15, -0.1) is 0 Å². The van der Waals surface area contributed by atoms with Crippen molar-refractivity contribution in [2.75, 3.05) is 10.0 Å². The summed E-state index contributed by atoms with van der Waals surface area (Å²) in [6.07, 6.45) is 1.10. The van der Waals surface area contributed by atoms with Crippen LogP contribution in [0.2, 0.25) is 0 Å². The Morgan fingerprint density at radius 2 is 1.72 bits per heavy atom. The second kappa shape index (κ2) is 7.40. The van der Waals surface area contributed by atoms with Gasteiger partial charge in [0.25, 0.3) is 0 Å². The van der Waals surface area contributed by atoms with E-state index in [2.05, 4.69) is 4.72 Å². The third kappa shape index (κ3) is 3.97. The Morgan fingerprint density at radius 1 is 0.966 bits per heavy atom. The van der Waals surface area contributed by atoms with Crippen LogP contribution in [-0.4, -0.2) is 13.5 Å². The Balaban J connectivity index is 1.76. The lowest BCUT2D eigenvalue weighted by Crippen LogP contribution is -2.30. The molecule has 0 fully saturated rings. The zero-order chi connectivity index (χ0) is 20.4. The van der Waals surface area contributed by atoms with Gasteiger partial charge in [0.2, 0.25) is 5.88 Å². The maximum absolute atomic E-state index is 12.4. The second-order valence-corrected chi connectivity index (χ2v) is 8.05. The summed E-state index contributed by atoms with van der Waals surface area (Å²) in [5.41, 5.74) is 9.28. The van der Waals surface area contributed by atoms with Crippen molar-refractivity contribution in [1.29, 1.82) is 0 Å². The highest BCUT2D eigenvalue weighted by molar-refractivity contribution is 7.91. The number of ether oxygens (including phenoxy) is 1. The summed E-state index contributed by atoms with van der Waals surface area (Å²) in [6, 6.07) is 22.0. The first-order valence-corrected chi connectivity index (χ1v) is 10.3. The van der Waals surface area contributed by atoms with Crippen LogP contribution in [0.15, 0.2) is 84.9 Å². The predicted octanol–water partition coefficient (Wildman–Crippen LogP) is 3.53. The summed E-state index contributed by atoms with van der Waals surface area (Å²) in [4.78, 5) is 0. The molecule has 0 amide bonds. The Morgan fingerprint density at radius 3 is 2.41 bits per heavy atom. The smallest absolute Gasteiger partial charge is 0.330 e. The van der Waals surface area contributed by atoms with Crippen LogP contribution in [0.5, 0.6) is 5.75 Å². The Kier molecular flexibility index (Phi) is 4.77. The molecule has 1 aliphatic rings. The lowest BCUT2D eigenvalue weighted by Gasteiger charge is -2.19. The largest absolute Gasteiger partial charge is 0.493 e. The number of hydrogen-bond acceptors (Lipinski definition) is 5. The fraction of sp³-hybridized carbons (Fsp3) is 0.0476. The SMILES string of the molecule is Nc1cccc(-c2ccc(OCc3ccccc3)c(N3C=C(O)NS3(=O)=O)c2)c1. The molecule has 0 aromatic heterocycles. The van der Waals surface area contributed by atoms with E-state index >= 15 is 0 Å². The van der Waals surface area contributed by atoms with Crippen molar-refractivity contribution in [3.05, 3.63) is 90.4 Å². The van der Waals surface area contributed by atoms with Crippen LogP contribution in [-0.2, 0) is 16.8 Å². The number of nitrogens with two attached hydrogens (primary N) is 1. The van der Waals surface area contributed by atoms with Gasteiger partial charge in [-0.05, 0) is 41.0 Å². The Bertz CT molecular complexity index is 1180. The number of rotatable bonds is 5. The molecule has 0 bridgehead atoms. The van der Waals surface area contributed by atoms with Gasteiger partial charge in [0.15, 0.2) is 0 Å². The Hall–Kier alpha value is -3.65. The molecule has 0 spiro atoms. The fourth-order valence-electron chi connectivity index (χ4n) is 3.03. The van der Waals surface area contributed by atoms with E-state index in [1.165, 1.54) is 0 Å². The van der Waals surface area contributed by atoms with Crippen LogP contribution in [0.1, 0.15) is 5.56 Å². The van der Waals surface area contributed by atoms with Crippen molar-refractivity contribution < 1.29 is 18.3 Å². The van der Waals surface area contributed by atoms with Gasteiger partial charge in [0.1, 0.15) is 18.0 Å². The fourth-order valence-corrected chi connectivity index (χ4v) is 4.09. The summed E-state index contributed by atoms with van der Waals surface area (Å²) in [5.74, 6) is -0.105. The van der Waals surface area contributed by atoms with Crippen molar-refractivity contribution in [3.63, 3.8) is 0 Å². The number of nitrogen functional groups attached to an aromatic ring is 1. The van der Waals surface area contributed by atoms with Gasteiger partial charge in [-0.25, -0.2) is 9.03 Å². The number of hydrogen-bond donors (Lipinski definition) is 3. The third-order valence-electron chi connectivity index (χ3n) is 4.39. The average Bonchev–Trinajstić information content (AvgIpc) is 2.99. The normalized spacial score (nSPS) is 14.9. The second-order valence-electron chi connectivity index (χ2n) is 6.50. The number of nitrogens with one attached hydrogen (secondary N) is 1. The molecule has 3 aromatic rings. The van der Waals surface area contributed by atoms with Gasteiger partial charge in [0.05, 0.1) is 6.20 Å². The Labute approximate surface area is 168 Å². The van der Waals surface area contributed by atoms with Crippen LogP contribution in [0.25, 0.3) is 11.1 Å². The average molecular weight is 409 g/mol. The van der Waals surface area contributed by atoms with E-state index in [0.717, 1.165) is 27.2 Å². The zero-order valence-corrected chi connectivity index (χ0v) is 16.1. The number of aliphatic hydroxyl groups is 1. The highest BCUT2D eigenvalue weighted by Gasteiger charge is 2.31. The van der Waals surface area contributed by atoms with Crippen LogP contribution >= 0.6 is 0 Å². The number of anilines is 2. The number of benzene rings is 3. The van der Waals surface area contributed by atoms with Gasteiger partial charge >= 0.3 is 10.2 Å². The van der Waals surface area contributed by atoms with Gasteiger partial charge in [-0.1, -0.05) is 48.5 Å². The molecule has 29 heavy (non-hydrogen) atoms.